The molecule has 0 aromatic heterocycles. The summed E-state index contributed by atoms with van der Waals surface area (Å²) < 4.78 is 0. The molecule has 0 fully saturated rings. The van der Waals surface area contributed by atoms with Gasteiger partial charge in [-0.1, -0.05) is 29.3 Å². The number of nitrogen functional groups attached to an aromatic ring is 1. The van der Waals surface area contributed by atoms with Gasteiger partial charge in [0, 0.05) is 21.4 Å². The molecule has 0 saturated carbocycles. The lowest BCUT2D eigenvalue weighted by Crippen LogP contribution is -2.16. The molecule has 0 bridgehead atoms. The highest BCUT2D eigenvalue weighted by Gasteiger charge is 2.14. The van der Waals surface area contributed by atoms with Crippen LogP contribution in [-0.4, -0.2) is 5.91 Å². The first-order chi connectivity index (χ1) is 9.88. The predicted octanol–water partition coefficient (Wildman–Crippen LogP) is 3.85. The van der Waals surface area contributed by atoms with Gasteiger partial charge >= 0.3 is 0 Å². The van der Waals surface area contributed by atoms with Gasteiger partial charge in [0.25, 0.3) is 5.91 Å². The Morgan fingerprint density at radius 2 is 1.90 bits per heavy atom. The van der Waals surface area contributed by atoms with Crippen LogP contribution >= 0.6 is 23.2 Å². The van der Waals surface area contributed by atoms with E-state index in [9.17, 15) is 4.79 Å². The minimum Gasteiger partial charge on any atom is -0.399 e. The summed E-state index contributed by atoms with van der Waals surface area (Å²) in [7, 11) is 0. The molecule has 0 heterocycles. The number of carbonyl (C=O) groups is 1. The van der Waals surface area contributed by atoms with Crippen molar-refractivity contribution >= 4 is 40.5 Å². The third-order valence-corrected chi connectivity index (χ3v) is 3.67. The van der Waals surface area contributed by atoms with Gasteiger partial charge in [-0.15, -0.1) is 0 Å². The Morgan fingerprint density at radius 3 is 2.52 bits per heavy atom. The van der Waals surface area contributed by atoms with Crippen molar-refractivity contribution in [3.63, 3.8) is 0 Å². The molecule has 1 amide bonds. The normalized spacial score (nSPS) is 12.0. The molecule has 5 N–H and O–H groups in total. The van der Waals surface area contributed by atoms with Crippen LogP contribution in [0.3, 0.4) is 0 Å². The molecule has 4 nitrogen and oxygen atoms in total. The standard InChI is InChI=1S/C15H15Cl2N3O/c1-8(11-4-2-9(16)6-13(11)17)20-14-7-10(18)3-5-12(14)15(19)21/h2-8,20H,18H2,1H3,(H2,19,21). The van der Waals surface area contributed by atoms with Crippen molar-refractivity contribution in [1.29, 1.82) is 0 Å². The van der Waals surface area contributed by atoms with E-state index in [0.717, 1.165) is 5.56 Å². The Balaban J connectivity index is 2.33. The van der Waals surface area contributed by atoms with Crippen LogP contribution in [0.25, 0.3) is 0 Å². The van der Waals surface area contributed by atoms with Crippen LogP contribution in [0.15, 0.2) is 36.4 Å². The topological polar surface area (TPSA) is 81.1 Å². The summed E-state index contributed by atoms with van der Waals surface area (Å²) in [4.78, 5) is 11.5. The fourth-order valence-electron chi connectivity index (χ4n) is 2.06. The SMILES string of the molecule is CC(Nc1cc(N)ccc1C(N)=O)c1ccc(Cl)cc1Cl. The second-order valence-corrected chi connectivity index (χ2v) is 5.54. The first-order valence-electron chi connectivity index (χ1n) is 6.29. The largest absolute Gasteiger partial charge is 0.399 e. The van der Waals surface area contributed by atoms with Crippen molar-refractivity contribution in [2.24, 2.45) is 5.73 Å². The quantitative estimate of drug-likeness (QED) is 0.747. The van der Waals surface area contributed by atoms with Gasteiger partial charge in [0.2, 0.25) is 0 Å². The highest BCUT2D eigenvalue weighted by molar-refractivity contribution is 6.35. The lowest BCUT2D eigenvalue weighted by Gasteiger charge is -2.19. The molecule has 0 aliphatic heterocycles. The zero-order valence-corrected chi connectivity index (χ0v) is 12.9. The summed E-state index contributed by atoms with van der Waals surface area (Å²) in [5, 5.41) is 4.32. The summed E-state index contributed by atoms with van der Waals surface area (Å²) in [5.74, 6) is -0.521. The first-order valence-corrected chi connectivity index (χ1v) is 7.05. The Kier molecular flexibility index (Phi) is 4.60. The van der Waals surface area contributed by atoms with E-state index >= 15 is 0 Å². The lowest BCUT2D eigenvalue weighted by molar-refractivity contribution is 0.100. The number of hydrogen-bond donors (Lipinski definition) is 3. The number of anilines is 2. The molecule has 21 heavy (non-hydrogen) atoms. The Labute approximate surface area is 133 Å². The fraction of sp³-hybridized carbons (Fsp3) is 0.133. The van der Waals surface area contributed by atoms with Crippen LogP contribution in [0.5, 0.6) is 0 Å². The zero-order valence-electron chi connectivity index (χ0n) is 11.4. The monoisotopic (exact) mass is 323 g/mol. The van der Waals surface area contributed by atoms with Crippen molar-refractivity contribution in [3.8, 4) is 0 Å². The molecule has 1 atom stereocenters. The number of carbonyl (C=O) groups excluding carboxylic acids is 1. The summed E-state index contributed by atoms with van der Waals surface area (Å²) in [6.45, 7) is 1.92. The van der Waals surface area contributed by atoms with Gasteiger partial charge in [-0.05, 0) is 42.8 Å². The maximum Gasteiger partial charge on any atom is 0.250 e. The summed E-state index contributed by atoms with van der Waals surface area (Å²) in [5.41, 5.74) is 13.5. The molecule has 0 spiro atoms. The third-order valence-electron chi connectivity index (χ3n) is 3.11. The Morgan fingerprint density at radius 1 is 1.19 bits per heavy atom. The number of hydrogen-bond acceptors (Lipinski definition) is 3. The highest BCUT2D eigenvalue weighted by atomic mass is 35.5. The Hall–Kier alpha value is -1.91. The molecule has 0 aliphatic carbocycles. The number of primary amides is 1. The van der Waals surface area contributed by atoms with E-state index in [1.54, 1.807) is 30.3 Å². The third kappa shape index (κ3) is 3.60. The smallest absolute Gasteiger partial charge is 0.250 e. The molecular weight excluding hydrogens is 309 g/mol. The molecule has 0 aliphatic rings. The highest BCUT2D eigenvalue weighted by Crippen LogP contribution is 2.30. The van der Waals surface area contributed by atoms with E-state index in [-0.39, 0.29) is 6.04 Å². The number of nitrogens with one attached hydrogen (secondary N) is 1. The van der Waals surface area contributed by atoms with E-state index in [2.05, 4.69) is 5.32 Å². The molecule has 2 aromatic carbocycles. The summed E-state index contributed by atoms with van der Waals surface area (Å²) in [6.07, 6.45) is 0. The van der Waals surface area contributed by atoms with Crippen LogP contribution in [0, 0.1) is 0 Å². The van der Waals surface area contributed by atoms with Gasteiger partial charge in [-0.2, -0.15) is 0 Å². The zero-order chi connectivity index (χ0) is 15.6. The van der Waals surface area contributed by atoms with Gasteiger partial charge in [0.1, 0.15) is 0 Å². The second-order valence-electron chi connectivity index (χ2n) is 4.70. The average Bonchev–Trinajstić information content (AvgIpc) is 2.37. The van der Waals surface area contributed by atoms with E-state index in [1.807, 2.05) is 13.0 Å². The van der Waals surface area contributed by atoms with Gasteiger partial charge in [0.05, 0.1) is 11.6 Å². The molecule has 2 aromatic rings. The van der Waals surface area contributed by atoms with E-state index in [4.69, 9.17) is 34.7 Å². The predicted molar refractivity (Wildman–Crippen MR) is 87.9 cm³/mol. The van der Waals surface area contributed by atoms with E-state index < -0.39 is 5.91 Å². The number of rotatable bonds is 4. The van der Waals surface area contributed by atoms with E-state index in [1.165, 1.54) is 0 Å². The van der Waals surface area contributed by atoms with Crippen LogP contribution in [0.1, 0.15) is 28.9 Å². The van der Waals surface area contributed by atoms with Crippen molar-refractivity contribution < 1.29 is 4.79 Å². The first kappa shape index (κ1) is 15.5. The summed E-state index contributed by atoms with van der Waals surface area (Å²) >= 11 is 12.1. The van der Waals surface area contributed by atoms with Crippen molar-refractivity contribution in [2.45, 2.75) is 13.0 Å². The minimum atomic E-state index is -0.521. The van der Waals surface area contributed by atoms with Crippen LogP contribution in [-0.2, 0) is 0 Å². The molecule has 0 radical (unpaired) electrons. The number of amides is 1. The van der Waals surface area contributed by atoms with Gasteiger partial charge in [-0.3, -0.25) is 4.79 Å². The number of nitrogens with two attached hydrogens (primary N) is 2. The maximum absolute atomic E-state index is 11.5. The van der Waals surface area contributed by atoms with Crippen LogP contribution < -0.4 is 16.8 Å². The average molecular weight is 324 g/mol. The van der Waals surface area contributed by atoms with Crippen LogP contribution in [0.4, 0.5) is 11.4 Å². The molecule has 6 heteroatoms. The molecule has 110 valence electrons. The fourth-order valence-corrected chi connectivity index (χ4v) is 2.63. The van der Waals surface area contributed by atoms with Gasteiger partial charge < -0.3 is 16.8 Å². The van der Waals surface area contributed by atoms with Crippen LogP contribution in [0.2, 0.25) is 10.0 Å². The molecular formula is C15H15Cl2N3O. The number of benzene rings is 2. The van der Waals surface area contributed by atoms with E-state index in [0.29, 0.717) is 27.0 Å². The van der Waals surface area contributed by atoms with Gasteiger partial charge in [-0.25, -0.2) is 0 Å². The van der Waals surface area contributed by atoms with Crippen molar-refractivity contribution in [1.82, 2.24) is 0 Å². The molecule has 0 saturated heterocycles. The second kappa shape index (κ2) is 6.24. The van der Waals surface area contributed by atoms with Gasteiger partial charge in [0.15, 0.2) is 0 Å². The summed E-state index contributed by atoms with van der Waals surface area (Å²) in [6, 6.07) is 10.0. The van der Waals surface area contributed by atoms with Crippen molar-refractivity contribution in [3.05, 3.63) is 57.6 Å². The minimum absolute atomic E-state index is 0.144. The van der Waals surface area contributed by atoms with Crippen molar-refractivity contribution in [2.75, 3.05) is 11.1 Å². The lowest BCUT2D eigenvalue weighted by atomic mass is 10.1. The Bertz CT molecular complexity index is 689. The molecule has 2 rings (SSSR count). The number of halogens is 2. The molecule has 1 unspecified atom stereocenters. The maximum atomic E-state index is 11.5.